The van der Waals surface area contributed by atoms with Gasteiger partial charge in [-0.25, -0.2) is 0 Å². The Kier molecular flexibility index (Phi) is 5.65. The molecular formula is C20H22O2. The molecule has 2 aromatic carbocycles. The third-order valence-electron chi connectivity index (χ3n) is 4.02. The van der Waals surface area contributed by atoms with Crippen molar-refractivity contribution in [3.05, 3.63) is 60.2 Å². The molecule has 0 aliphatic carbocycles. The lowest BCUT2D eigenvalue weighted by Crippen LogP contribution is -2.11. The van der Waals surface area contributed by atoms with Crippen molar-refractivity contribution in [1.29, 1.82) is 0 Å². The molecule has 2 aromatic rings. The van der Waals surface area contributed by atoms with Crippen LogP contribution >= 0.6 is 0 Å². The molecule has 2 nitrogen and oxygen atoms in total. The van der Waals surface area contributed by atoms with E-state index in [0.29, 0.717) is 19.3 Å². The Morgan fingerprint density at radius 2 is 1.50 bits per heavy atom. The summed E-state index contributed by atoms with van der Waals surface area (Å²) in [4.78, 5) is 23.7. The van der Waals surface area contributed by atoms with E-state index in [9.17, 15) is 9.59 Å². The molecule has 2 heteroatoms. The SMILES string of the molecule is CCC(=O)C(C)CCC(=O)c1ccc(-c2ccccc2)cc1. The predicted molar refractivity (Wildman–Crippen MR) is 89.9 cm³/mol. The Bertz CT molecular complexity index is 627. The van der Waals surface area contributed by atoms with Gasteiger partial charge in [0.1, 0.15) is 5.78 Å². The Balaban J connectivity index is 1.98. The van der Waals surface area contributed by atoms with E-state index in [0.717, 1.165) is 16.7 Å². The third-order valence-corrected chi connectivity index (χ3v) is 4.02. The molecule has 0 aliphatic heterocycles. The van der Waals surface area contributed by atoms with Crippen LogP contribution < -0.4 is 0 Å². The van der Waals surface area contributed by atoms with Gasteiger partial charge in [0.2, 0.25) is 0 Å². The summed E-state index contributed by atoms with van der Waals surface area (Å²) < 4.78 is 0. The summed E-state index contributed by atoms with van der Waals surface area (Å²) in [5.41, 5.74) is 2.96. The summed E-state index contributed by atoms with van der Waals surface area (Å²) in [7, 11) is 0. The number of benzene rings is 2. The van der Waals surface area contributed by atoms with Crippen molar-refractivity contribution in [1.82, 2.24) is 0 Å². The molecule has 1 unspecified atom stereocenters. The first-order valence-electron chi connectivity index (χ1n) is 7.83. The fourth-order valence-electron chi connectivity index (χ4n) is 2.48. The zero-order chi connectivity index (χ0) is 15.9. The molecule has 0 heterocycles. The molecule has 0 fully saturated rings. The average Bonchev–Trinajstić information content (AvgIpc) is 2.59. The van der Waals surface area contributed by atoms with Crippen LogP contribution in [0.5, 0.6) is 0 Å². The molecule has 0 radical (unpaired) electrons. The summed E-state index contributed by atoms with van der Waals surface area (Å²) in [5, 5.41) is 0. The van der Waals surface area contributed by atoms with Crippen molar-refractivity contribution < 1.29 is 9.59 Å². The summed E-state index contributed by atoms with van der Waals surface area (Å²) in [6.07, 6.45) is 1.60. The van der Waals surface area contributed by atoms with Gasteiger partial charge in [-0.05, 0) is 17.5 Å². The zero-order valence-corrected chi connectivity index (χ0v) is 13.2. The maximum Gasteiger partial charge on any atom is 0.162 e. The van der Waals surface area contributed by atoms with E-state index in [4.69, 9.17) is 0 Å². The fourth-order valence-corrected chi connectivity index (χ4v) is 2.48. The number of rotatable bonds is 7. The van der Waals surface area contributed by atoms with Crippen molar-refractivity contribution in [2.24, 2.45) is 5.92 Å². The van der Waals surface area contributed by atoms with Crippen LogP contribution in [0.1, 0.15) is 43.5 Å². The smallest absolute Gasteiger partial charge is 0.162 e. The van der Waals surface area contributed by atoms with Gasteiger partial charge in [-0.2, -0.15) is 0 Å². The molecule has 22 heavy (non-hydrogen) atoms. The van der Waals surface area contributed by atoms with E-state index in [2.05, 4.69) is 12.1 Å². The molecule has 0 saturated carbocycles. The molecule has 114 valence electrons. The molecule has 2 rings (SSSR count). The highest BCUT2D eigenvalue weighted by Crippen LogP contribution is 2.20. The van der Waals surface area contributed by atoms with E-state index < -0.39 is 0 Å². The normalized spacial score (nSPS) is 11.9. The first-order chi connectivity index (χ1) is 10.6. The van der Waals surface area contributed by atoms with E-state index in [-0.39, 0.29) is 17.5 Å². The largest absolute Gasteiger partial charge is 0.299 e. The van der Waals surface area contributed by atoms with Crippen LogP contribution in [0.25, 0.3) is 11.1 Å². The van der Waals surface area contributed by atoms with E-state index in [1.165, 1.54) is 0 Å². The van der Waals surface area contributed by atoms with Crippen LogP contribution in [0.2, 0.25) is 0 Å². The van der Waals surface area contributed by atoms with Crippen molar-refractivity contribution in [3.63, 3.8) is 0 Å². The number of ketones is 2. The monoisotopic (exact) mass is 294 g/mol. The molecular weight excluding hydrogens is 272 g/mol. The number of carbonyl (C=O) groups excluding carboxylic acids is 2. The van der Waals surface area contributed by atoms with E-state index in [1.54, 1.807) is 0 Å². The molecule has 1 atom stereocenters. The minimum atomic E-state index is -0.0301. The quantitative estimate of drug-likeness (QED) is 0.678. The van der Waals surface area contributed by atoms with Gasteiger partial charge in [-0.1, -0.05) is 68.4 Å². The van der Waals surface area contributed by atoms with Crippen molar-refractivity contribution in [2.75, 3.05) is 0 Å². The van der Waals surface area contributed by atoms with Gasteiger partial charge < -0.3 is 0 Å². The van der Waals surface area contributed by atoms with Crippen molar-refractivity contribution in [2.45, 2.75) is 33.1 Å². The maximum absolute atomic E-state index is 12.2. The summed E-state index contributed by atoms with van der Waals surface area (Å²) in [6.45, 7) is 3.76. The predicted octanol–water partition coefficient (Wildman–Crippen LogP) is 4.93. The highest BCUT2D eigenvalue weighted by atomic mass is 16.1. The van der Waals surface area contributed by atoms with Gasteiger partial charge in [0, 0.05) is 24.3 Å². The van der Waals surface area contributed by atoms with Crippen LogP contribution in [0.4, 0.5) is 0 Å². The Morgan fingerprint density at radius 1 is 0.909 bits per heavy atom. The lowest BCUT2D eigenvalue weighted by molar-refractivity contribution is -0.122. The first kappa shape index (κ1) is 16.2. The lowest BCUT2D eigenvalue weighted by Gasteiger charge is -2.08. The van der Waals surface area contributed by atoms with Crippen molar-refractivity contribution in [3.8, 4) is 11.1 Å². The molecule has 0 spiro atoms. The topological polar surface area (TPSA) is 34.1 Å². The second kappa shape index (κ2) is 7.69. The highest BCUT2D eigenvalue weighted by molar-refractivity contribution is 5.96. The minimum Gasteiger partial charge on any atom is -0.299 e. The van der Waals surface area contributed by atoms with Crippen LogP contribution in [-0.2, 0) is 4.79 Å². The highest BCUT2D eigenvalue weighted by Gasteiger charge is 2.13. The maximum atomic E-state index is 12.2. The van der Waals surface area contributed by atoms with Crippen LogP contribution in [0, 0.1) is 5.92 Å². The lowest BCUT2D eigenvalue weighted by atomic mass is 9.95. The van der Waals surface area contributed by atoms with Crippen LogP contribution in [0.15, 0.2) is 54.6 Å². The van der Waals surface area contributed by atoms with Gasteiger partial charge in [-0.3, -0.25) is 9.59 Å². The fraction of sp³-hybridized carbons (Fsp3) is 0.300. The minimum absolute atomic E-state index is 0.0301. The molecule has 0 aromatic heterocycles. The first-order valence-corrected chi connectivity index (χ1v) is 7.83. The van der Waals surface area contributed by atoms with Gasteiger partial charge in [0.25, 0.3) is 0 Å². The van der Waals surface area contributed by atoms with Crippen molar-refractivity contribution >= 4 is 11.6 Å². The number of carbonyl (C=O) groups is 2. The zero-order valence-electron chi connectivity index (χ0n) is 13.2. The van der Waals surface area contributed by atoms with Gasteiger partial charge in [0.15, 0.2) is 5.78 Å². The van der Waals surface area contributed by atoms with Gasteiger partial charge in [-0.15, -0.1) is 0 Å². The number of hydrogen-bond acceptors (Lipinski definition) is 2. The second-order valence-electron chi connectivity index (χ2n) is 5.63. The standard InChI is InChI=1S/C20H22O2/c1-3-19(21)15(2)9-14-20(22)18-12-10-17(11-13-18)16-7-5-4-6-8-16/h4-8,10-13,15H,3,9,14H2,1-2H3. The second-order valence-corrected chi connectivity index (χ2v) is 5.63. The molecule has 0 amide bonds. The molecule has 0 aliphatic rings. The molecule has 0 N–H and O–H groups in total. The third kappa shape index (κ3) is 4.14. The van der Waals surface area contributed by atoms with Gasteiger partial charge >= 0.3 is 0 Å². The Labute approximate surface area is 132 Å². The summed E-state index contributed by atoms with van der Waals surface area (Å²) >= 11 is 0. The molecule has 0 saturated heterocycles. The Hall–Kier alpha value is -2.22. The van der Waals surface area contributed by atoms with Gasteiger partial charge in [0.05, 0.1) is 0 Å². The Morgan fingerprint density at radius 3 is 2.09 bits per heavy atom. The number of hydrogen-bond donors (Lipinski definition) is 0. The number of Topliss-reactive ketones (excluding diaryl/α,β-unsaturated/α-hetero) is 2. The summed E-state index contributed by atoms with van der Waals surface area (Å²) in [6, 6.07) is 17.8. The van der Waals surface area contributed by atoms with Crippen LogP contribution in [-0.4, -0.2) is 11.6 Å². The summed E-state index contributed by atoms with van der Waals surface area (Å²) in [5.74, 6) is 0.306. The van der Waals surface area contributed by atoms with E-state index in [1.807, 2.05) is 56.3 Å². The molecule has 0 bridgehead atoms. The van der Waals surface area contributed by atoms with Crippen LogP contribution in [0.3, 0.4) is 0 Å². The average molecular weight is 294 g/mol. The van der Waals surface area contributed by atoms with E-state index >= 15 is 0 Å².